The third-order valence-corrected chi connectivity index (χ3v) is 3.60. The van der Waals surface area contributed by atoms with Crippen molar-refractivity contribution in [2.75, 3.05) is 27.7 Å². The molecule has 0 saturated heterocycles. The quantitative estimate of drug-likeness (QED) is 0.790. The second-order valence-electron chi connectivity index (χ2n) is 5.42. The second-order valence-corrected chi connectivity index (χ2v) is 5.42. The van der Waals surface area contributed by atoms with E-state index in [1.165, 1.54) is 25.3 Å². The van der Waals surface area contributed by atoms with Gasteiger partial charge in [0, 0.05) is 6.54 Å². The maximum Gasteiger partial charge on any atom is 0.387 e. The summed E-state index contributed by atoms with van der Waals surface area (Å²) in [5.74, 6) is -0.104. The van der Waals surface area contributed by atoms with Gasteiger partial charge in [-0.3, -0.25) is 9.69 Å². The number of hydrogen-bond donors (Lipinski definition) is 1. The van der Waals surface area contributed by atoms with Gasteiger partial charge in [0.2, 0.25) is 0 Å². The minimum Gasteiger partial charge on any atom is -0.493 e. The van der Waals surface area contributed by atoms with Crippen molar-refractivity contribution in [2.45, 2.75) is 12.7 Å². The summed E-state index contributed by atoms with van der Waals surface area (Å²) in [7, 11) is 5.00. The summed E-state index contributed by atoms with van der Waals surface area (Å²) < 4.78 is 40.2. The molecule has 8 heteroatoms. The monoisotopic (exact) mass is 354 g/mol. The number of halogens is 2. The average Bonchev–Trinajstić information content (AvgIpc) is 3.08. The Morgan fingerprint density at radius 1 is 1.28 bits per heavy atom. The molecule has 1 N–H and O–H groups in total. The predicted octanol–water partition coefficient (Wildman–Crippen LogP) is 2.92. The van der Waals surface area contributed by atoms with Gasteiger partial charge in [-0.05, 0) is 38.4 Å². The van der Waals surface area contributed by atoms with Gasteiger partial charge in [-0.25, -0.2) is 0 Å². The summed E-state index contributed by atoms with van der Waals surface area (Å²) in [5.41, 5.74) is -0.0309. The molecule has 6 nitrogen and oxygen atoms in total. The maximum atomic E-state index is 12.7. The number of nitrogens with one attached hydrogen (secondary N) is 1. The van der Waals surface area contributed by atoms with E-state index in [1.807, 2.05) is 19.0 Å². The van der Waals surface area contributed by atoms with Crippen LogP contribution in [0.3, 0.4) is 0 Å². The van der Waals surface area contributed by atoms with Crippen molar-refractivity contribution in [3.05, 3.63) is 47.9 Å². The first kappa shape index (κ1) is 18.7. The molecule has 2 aromatic rings. The lowest BCUT2D eigenvalue weighted by atomic mass is 10.1. The smallest absolute Gasteiger partial charge is 0.387 e. The molecule has 1 aromatic heterocycles. The van der Waals surface area contributed by atoms with Gasteiger partial charge in [-0.2, -0.15) is 8.78 Å². The summed E-state index contributed by atoms with van der Waals surface area (Å²) >= 11 is 0. The Hall–Kier alpha value is -2.61. The van der Waals surface area contributed by atoms with E-state index in [1.54, 1.807) is 18.4 Å². The summed E-state index contributed by atoms with van der Waals surface area (Å²) in [6, 6.07) is 7.72. The number of ether oxygens (including phenoxy) is 2. The Morgan fingerprint density at radius 3 is 2.60 bits per heavy atom. The number of methoxy groups -OCH3 is 1. The number of amides is 1. The highest BCUT2D eigenvalue weighted by Gasteiger charge is 2.22. The number of likely N-dealkylation sites (N-methyl/N-ethyl adjacent to an activating group) is 1. The molecule has 0 radical (unpaired) electrons. The molecule has 1 amide bonds. The van der Waals surface area contributed by atoms with Crippen LogP contribution >= 0.6 is 0 Å². The van der Waals surface area contributed by atoms with Gasteiger partial charge in [0.25, 0.3) is 5.91 Å². The van der Waals surface area contributed by atoms with Crippen LogP contribution in [-0.4, -0.2) is 45.2 Å². The largest absolute Gasteiger partial charge is 0.493 e. The van der Waals surface area contributed by atoms with E-state index in [9.17, 15) is 13.6 Å². The van der Waals surface area contributed by atoms with Crippen molar-refractivity contribution in [1.29, 1.82) is 0 Å². The molecule has 25 heavy (non-hydrogen) atoms. The fraction of sp³-hybridized carbons (Fsp3) is 0.353. The van der Waals surface area contributed by atoms with Crippen molar-refractivity contribution >= 4 is 5.91 Å². The number of rotatable bonds is 8. The molecular formula is C17H20F2N2O4. The van der Waals surface area contributed by atoms with Gasteiger partial charge >= 0.3 is 6.61 Å². The molecule has 0 bridgehead atoms. The van der Waals surface area contributed by atoms with E-state index in [-0.39, 0.29) is 29.6 Å². The van der Waals surface area contributed by atoms with Crippen molar-refractivity contribution in [1.82, 2.24) is 10.2 Å². The van der Waals surface area contributed by atoms with Gasteiger partial charge in [0.15, 0.2) is 11.5 Å². The van der Waals surface area contributed by atoms with Crippen LogP contribution in [0.25, 0.3) is 0 Å². The Morgan fingerprint density at radius 2 is 2.04 bits per heavy atom. The lowest BCUT2D eigenvalue weighted by Crippen LogP contribution is -2.34. The zero-order chi connectivity index (χ0) is 18.4. The highest BCUT2D eigenvalue weighted by atomic mass is 19.3. The lowest BCUT2D eigenvalue weighted by molar-refractivity contribution is -0.0515. The van der Waals surface area contributed by atoms with Crippen LogP contribution in [0, 0.1) is 0 Å². The van der Waals surface area contributed by atoms with Crippen LogP contribution in [0.15, 0.2) is 41.0 Å². The van der Waals surface area contributed by atoms with Gasteiger partial charge in [-0.1, -0.05) is 6.07 Å². The molecule has 0 aliphatic carbocycles. The van der Waals surface area contributed by atoms with Crippen LogP contribution in [-0.2, 0) is 0 Å². The van der Waals surface area contributed by atoms with E-state index in [0.29, 0.717) is 5.76 Å². The van der Waals surface area contributed by atoms with E-state index < -0.39 is 12.5 Å². The molecule has 1 aromatic carbocycles. The number of furan rings is 1. The van der Waals surface area contributed by atoms with E-state index in [0.717, 1.165) is 0 Å². The highest BCUT2D eigenvalue weighted by Crippen LogP contribution is 2.32. The summed E-state index contributed by atoms with van der Waals surface area (Å²) in [5, 5.41) is 2.71. The van der Waals surface area contributed by atoms with Crippen molar-refractivity contribution < 1.29 is 27.5 Å². The minimum atomic E-state index is -3.07. The molecule has 0 aliphatic rings. The minimum absolute atomic E-state index is 0.0309. The third-order valence-electron chi connectivity index (χ3n) is 3.60. The molecular weight excluding hydrogens is 334 g/mol. The van der Waals surface area contributed by atoms with Gasteiger partial charge in [-0.15, -0.1) is 0 Å². The topological polar surface area (TPSA) is 63.9 Å². The molecule has 0 aliphatic heterocycles. The van der Waals surface area contributed by atoms with Gasteiger partial charge < -0.3 is 19.2 Å². The van der Waals surface area contributed by atoms with Crippen LogP contribution in [0.4, 0.5) is 8.78 Å². The molecule has 0 fully saturated rings. The fourth-order valence-corrected chi connectivity index (χ4v) is 2.37. The van der Waals surface area contributed by atoms with Gasteiger partial charge in [0.05, 0.1) is 25.0 Å². The SMILES string of the molecule is COc1cccc(C(=O)NCC(c2ccco2)N(C)C)c1OC(F)F. The number of alkyl halides is 2. The third kappa shape index (κ3) is 4.69. The van der Waals surface area contributed by atoms with Crippen LogP contribution < -0.4 is 14.8 Å². The van der Waals surface area contributed by atoms with Crippen LogP contribution in [0.2, 0.25) is 0 Å². The first-order valence-corrected chi connectivity index (χ1v) is 7.54. The lowest BCUT2D eigenvalue weighted by Gasteiger charge is -2.23. The number of hydrogen-bond acceptors (Lipinski definition) is 5. The van der Waals surface area contributed by atoms with Crippen LogP contribution in [0.5, 0.6) is 11.5 Å². The van der Waals surface area contributed by atoms with E-state index in [2.05, 4.69) is 10.1 Å². The molecule has 2 rings (SSSR count). The van der Waals surface area contributed by atoms with E-state index >= 15 is 0 Å². The first-order chi connectivity index (χ1) is 11.9. The Labute approximate surface area is 144 Å². The number of carbonyl (C=O) groups excluding carboxylic acids is 1. The van der Waals surface area contributed by atoms with E-state index in [4.69, 9.17) is 9.15 Å². The van der Waals surface area contributed by atoms with Crippen molar-refractivity contribution in [2.24, 2.45) is 0 Å². The normalized spacial score (nSPS) is 12.3. The summed E-state index contributed by atoms with van der Waals surface area (Å²) in [6.45, 7) is -2.84. The standard InChI is InChI=1S/C17H20F2N2O4/c1-21(2)12(13-8-5-9-24-13)10-20-16(22)11-6-4-7-14(23-3)15(11)25-17(18)19/h4-9,12,17H,10H2,1-3H3,(H,20,22). The number of nitrogens with zero attached hydrogens (tertiary/aromatic N) is 1. The maximum absolute atomic E-state index is 12.7. The Bertz CT molecular complexity index is 690. The molecule has 136 valence electrons. The Balaban J connectivity index is 2.17. The number of benzene rings is 1. The second kappa shape index (κ2) is 8.48. The highest BCUT2D eigenvalue weighted by molar-refractivity contribution is 5.97. The number of carbonyl (C=O) groups is 1. The molecule has 1 unspecified atom stereocenters. The Kier molecular flexibility index (Phi) is 6.35. The summed E-state index contributed by atoms with van der Waals surface area (Å²) in [6.07, 6.45) is 1.55. The molecule has 0 spiro atoms. The number of para-hydroxylation sites is 1. The molecule has 0 saturated carbocycles. The van der Waals surface area contributed by atoms with Gasteiger partial charge in [0.1, 0.15) is 5.76 Å². The van der Waals surface area contributed by atoms with Crippen molar-refractivity contribution in [3.63, 3.8) is 0 Å². The zero-order valence-electron chi connectivity index (χ0n) is 14.2. The molecule has 1 atom stereocenters. The summed E-state index contributed by atoms with van der Waals surface area (Å²) in [4.78, 5) is 14.3. The van der Waals surface area contributed by atoms with Crippen LogP contribution in [0.1, 0.15) is 22.2 Å². The van der Waals surface area contributed by atoms with Crippen molar-refractivity contribution in [3.8, 4) is 11.5 Å². The average molecular weight is 354 g/mol. The molecule has 1 heterocycles. The predicted molar refractivity (Wildman–Crippen MR) is 87.1 cm³/mol. The zero-order valence-corrected chi connectivity index (χ0v) is 14.2. The first-order valence-electron chi connectivity index (χ1n) is 7.54. The fourth-order valence-electron chi connectivity index (χ4n) is 2.37.